The van der Waals surface area contributed by atoms with Crippen molar-refractivity contribution in [3.05, 3.63) is 35.5 Å². The number of fused-ring (bicyclic) bond motifs is 1. The zero-order valence-electron chi connectivity index (χ0n) is 13.4. The minimum absolute atomic E-state index is 0.358. The molecule has 9 heteroatoms. The molecule has 0 saturated carbocycles. The molecule has 130 valence electrons. The topological polar surface area (TPSA) is 79.8 Å². The van der Waals surface area contributed by atoms with Crippen molar-refractivity contribution in [2.75, 3.05) is 31.1 Å². The standard InChI is InChI=1S/C16H17ClN6OS/c17-12-4-2-11(3-5-12)13-10-23-15(19-13)25-16(20-23)22-7-1-6-21(8-9-22)14(18)24/h2-5,10H,1,6-9H2,(H2,18,24). The molecule has 1 aliphatic rings. The van der Waals surface area contributed by atoms with Crippen LogP contribution in [0.4, 0.5) is 9.93 Å². The fourth-order valence-electron chi connectivity index (χ4n) is 2.91. The van der Waals surface area contributed by atoms with Crippen molar-refractivity contribution < 1.29 is 4.79 Å². The number of benzene rings is 1. The van der Waals surface area contributed by atoms with Gasteiger partial charge in [0.25, 0.3) is 0 Å². The van der Waals surface area contributed by atoms with Gasteiger partial charge in [0.2, 0.25) is 10.1 Å². The zero-order valence-corrected chi connectivity index (χ0v) is 15.0. The summed E-state index contributed by atoms with van der Waals surface area (Å²) in [6, 6.07) is 7.24. The first-order valence-corrected chi connectivity index (χ1v) is 9.21. The van der Waals surface area contributed by atoms with E-state index in [0.717, 1.165) is 40.9 Å². The van der Waals surface area contributed by atoms with Crippen LogP contribution in [-0.2, 0) is 0 Å². The van der Waals surface area contributed by atoms with Crippen LogP contribution in [0.1, 0.15) is 6.42 Å². The number of rotatable bonds is 2. The van der Waals surface area contributed by atoms with Crippen LogP contribution in [0.5, 0.6) is 0 Å². The van der Waals surface area contributed by atoms with Crippen LogP contribution >= 0.6 is 22.9 Å². The van der Waals surface area contributed by atoms with Gasteiger partial charge in [0.15, 0.2) is 0 Å². The van der Waals surface area contributed by atoms with Gasteiger partial charge < -0.3 is 15.5 Å². The van der Waals surface area contributed by atoms with Crippen molar-refractivity contribution in [1.29, 1.82) is 0 Å². The van der Waals surface area contributed by atoms with E-state index >= 15 is 0 Å². The van der Waals surface area contributed by atoms with E-state index in [-0.39, 0.29) is 6.03 Å². The van der Waals surface area contributed by atoms with Gasteiger partial charge in [-0.1, -0.05) is 35.1 Å². The summed E-state index contributed by atoms with van der Waals surface area (Å²) in [4.78, 5) is 20.7. The smallest absolute Gasteiger partial charge is 0.314 e. The molecule has 0 unspecified atom stereocenters. The third kappa shape index (κ3) is 3.27. The largest absolute Gasteiger partial charge is 0.351 e. The monoisotopic (exact) mass is 376 g/mol. The molecule has 0 spiro atoms. The maximum atomic E-state index is 11.3. The Hall–Kier alpha value is -2.32. The Labute approximate surface area is 153 Å². The van der Waals surface area contributed by atoms with Gasteiger partial charge in [-0.05, 0) is 18.6 Å². The Morgan fingerprint density at radius 1 is 1.16 bits per heavy atom. The molecule has 1 fully saturated rings. The Balaban J connectivity index is 1.55. The highest BCUT2D eigenvalue weighted by Crippen LogP contribution is 2.27. The number of carbonyl (C=O) groups is 1. The van der Waals surface area contributed by atoms with E-state index in [1.165, 1.54) is 0 Å². The molecule has 2 aromatic heterocycles. The van der Waals surface area contributed by atoms with Gasteiger partial charge in [0, 0.05) is 36.8 Å². The summed E-state index contributed by atoms with van der Waals surface area (Å²) < 4.78 is 1.81. The number of imidazole rings is 1. The Bertz CT molecular complexity index is 874. The predicted octanol–water partition coefficient (Wildman–Crippen LogP) is 2.70. The van der Waals surface area contributed by atoms with Crippen molar-refractivity contribution in [3.63, 3.8) is 0 Å². The molecule has 3 aromatic rings. The fourth-order valence-corrected chi connectivity index (χ4v) is 3.97. The van der Waals surface area contributed by atoms with E-state index in [0.29, 0.717) is 18.1 Å². The first-order chi connectivity index (χ1) is 12.1. The molecule has 1 aromatic carbocycles. The van der Waals surface area contributed by atoms with Crippen LogP contribution < -0.4 is 10.6 Å². The fraction of sp³-hybridized carbons (Fsp3) is 0.312. The van der Waals surface area contributed by atoms with Crippen LogP contribution in [0.2, 0.25) is 5.02 Å². The average molecular weight is 377 g/mol. The normalized spacial score (nSPS) is 15.6. The summed E-state index contributed by atoms with van der Waals surface area (Å²) in [6.07, 6.45) is 2.80. The molecule has 0 radical (unpaired) electrons. The number of carbonyl (C=O) groups excluding carboxylic acids is 1. The third-order valence-electron chi connectivity index (χ3n) is 4.25. The van der Waals surface area contributed by atoms with Crippen molar-refractivity contribution in [2.24, 2.45) is 5.73 Å². The maximum absolute atomic E-state index is 11.3. The molecule has 2 N–H and O–H groups in total. The van der Waals surface area contributed by atoms with Crippen molar-refractivity contribution >= 4 is 39.1 Å². The highest BCUT2D eigenvalue weighted by molar-refractivity contribution is 7.20. The lowest BCUT2D eigenvalue weighted by Gasteiger charge is -2.19. The minimum Gasteiger partial charge on any atom is -0.351 e. The number of aromatic nitrogens is 3. The van der Waals surface area contributed by atoms with E-state index in [1.807, 2.05) is 30.5 Å². The van der Waals surface area contributed by atoms with E-state index in [2.05, 4.69) is 15.0 Å². The lowest BCUT2D eigenvalue weighted by molar-refractivity contribution is 0.211. The van der Waals surface area contributed by atoms with E-state index in [1.54, 1.807) is 20.8 Å². The van der Waals surface area contributed by atoms with Gasteiger partial charge in [0.05, 0.1) is 11.9 Å². The number of hydrogen-bond acceptors (Lipinski definition) is 5. The SMILES string of the molecule is NC(=O)N1CCCN(c2nn3cc(-c4ccc(Cl)cc4)nc3s2)CC1. The summed E-state index contributed by atoms with van der Waals surface area (Å²) in [7, 11) is 0. The molecule has 3 heterocycles. The molecule has 1 saturated heterocycles. The molecule has 2 amide bonds. The van der Waals surface area contributed by atoms with Gasteiger partial charge in [-0.3, -0.25) is 0 Å². The molecule has 0 atom stereocenters. The molecule has 4 rings (SSSR count). The van der Waals surface area contributed by atoms with Crippen LogP contribution in [0.15, 0.2) is 30.5 Å². The summed E-state index contributed by atoms with van der Waals surface area (Å²) in [5.41, 5.74) is 7.26. The molecule has 1 aliphatic heterocycles. The highest BCUT2D eigenvalue weighted by atomic mass is 35.5. The van der Waals surface area contributed by atoms with Crippen LogP contribution in [0.25, 0.3) is 16.2 Å². The third-order valence-corrected chi connectivity index (χ3v) is 5.49. The summed E-state index contributed by atoms with van der Waals surface area (Å²) in [6.45, 7) is 2.89. The van der Waals surface area contributed by atoms with Crippen LogP contribution in [0, 0.1) is 0 Å². The summed E-state index contributed by atoms with van der Waals surface area (Å²) >= 11 is 7.48. The van der Waals surface area contributed by atoms with Gasteiger partial charge >= 0.3 is 6.03 Å². The average Bonchev–Trinajstić information content (AvgIpc) is 3.05. The van der Waals surface area contributed by atoms with Gasteiger partial charge in [-0.25, -0.2) is 14.3 Å². The highest BCUT2D eigenvalue weighted by Gasteiger charge is 2.20. The zero-order chi connectivity index (χ0) is 17.4. The lowest BCUT2D eigenvalue weighted by atomic mass is 10.2. The number of amides is 2. The number of anilines is 1. The molecule has 25 heavy (non-hydrogen) atoms. The number of primary amides is 1. The number of nitrogens with zero attached hydrogens (tertiary/aromatic N) is 5. The maximum Gasteiger partial charge on any atom is 0.314 e. The number of nitrogens with two attached hydrogens (primary N) is 1. The molecular weight excluding hydrogens is 360 g/mol. The first kappa shape index (κ1) is 16.2. The second-order valence-corrected chi connectivity index (χ2v) is 7.28. The quantitative estimate of drug-likeness (QED) is 0.745. The van der Waals surface area contributed by atoms with Crippen LogP contribution in [-0.4, -0.2) is 51.7 Å². The molecule has 7 nitrogen and oxygen atoms in total. The van der Waals surface area contributed by atoms with Crippen molar-refractivity contribution in [1.82, 2.24) is 19.5 Å². The predicted molar refractivity (Wildman–Crippen MR) is 99.3 cm³/mol. The Morgan fingerprint density at radius 3 is 2.68 bits per heavy atom. The summed E-state index contributed by atoms with van der Waals surface area (Å²) in [5.74, 6) is 0. The molecule has 0 bridgehead atoms. The minimum atomic E-state index is -0.358. The second kappa shape index (κ2) is 6.53. The van der Waals surface area contributed by atoms with Gasteiger partial charge in [-0.2, -0.15) is 0 Å². The second-order valence-electron chi connectivity index (χ2n) is 5.91. The Kier molecular flexibility index (Phi) is 4.22. The van der Waals surface area contributed by atoms with E-state index in [9.17, 15) is 4.79 Å². The Morgan fingerprint density at radius 2 is 1.96 bits per heavy atom. The van der Waals surface area contributed by atoms with Gasteiger partial charge in [0.1, 0.15) is 0 Å². The van der Waals surface area contributed by atoms with E-state index in [4.69, 9.17) is 17.3 Å². The van der Waals surface area contributed by atoms with Crippen LogP contribution in [0.3, 0.4) is 0 Å². The van der Waals surface area contributed by atoms with Crippen molar-refractivity contribution in [2.45, 2.75) is 6.42 Å². The lowest BCUT2D eigenvalue weighted by Crippen LogP contribution is -2.38. The number of hydrogen-bond donors (Lipinski definition) is 1. The first-order valence-electron chi connectivity index (χ1n) is 8.01. The van der Waals surface area contributed by atoms with Gasteiger partial charge in [-0.15, -0.1) is 5.10 Å². The number of urea groups is 1. The van der Waals surface area contributed by atoms with Crippen molar-refractivity contribution in [3.8, 4) is 11.3 Å². The number of halogens is 1. The van der Waals surface area contributed by atoms with E-state index < -0.39 is 0 Å². The molecule has 0 aliphatic carbocycles. The molecular formula is C16H17ClN6OS. The summed E-state index contributed by atoms with van der Waals surface area (Å²) in [5, 5.41) is 6.27.